The second-order valence-electron chi connectivity index (χ2n) is 4.12. The zero-order chi connectivity index (χ0) is 14.4. The summed E-state index contributed by atoms with van der Waals surface area (Å²) in [7, 11) is -3.48. The minimum atomic E-state index is -3.48. The number of nitrogens with one attached hydrogen (secondary N) is 2. The van der Waals surface area contributed by atoms with Crippen molar-refractivity contribution in [3.63, 3.8) is 0 Å². The summed E-state index contributed by atoms with van der Waals surface area (Å²) < 4.78 is 27.3. The molecular weight excluding hydrogens is 340 g/mol. The van der Waals surface area contributed by atoms with Gasteiger partial charge in [-0.1, -0.05) is 30.3 Å². The second kappa shape index (κ2) is 6.88. The molecule has 2 rings (SSSR count). The van der Waals surface area contributed by atoms with Gasteiger partial charge in [0.25, 0.3) is 0 Å². The van der Waals surface area contributed by atoms with E-state index in [1.54, 1.807) is 24.3 Å². The number of halogens is 1. The molecule has 106 valence electrons. The lowest BCUT2D eigenvalue weighted by Gasteiger charge is -2.09. The van der Waals surface area contributed by atoms with Crippen LogP contribution in [-0.2, 0) is 10.0 Å². The molecule has 0 aromatic heterocycles. The fourth-order valence-corrected chi connectivity index (χ4v) is 3.72. The van der Waals surface area contributed by atoms with Crippen LogP contribution in [0.2, 0.25) is 0 Å². The zero-order valence-corrected chi connectivity index (χ0v) is 13.1. The molecule has 0 saturated carbocycles. The SMILES string of the molecule is O=S(=O)(NCCNc1ccccc1)c1ccccc1Br. The van der Waals surface area contributed by atoms with E-state index in [0.29, 0.717) is 17.6 Å². The molecular formula is C14H15BrN2O2S. The van der Waals surface area contributed by atoms with E-state index < -0.39 is 10.0 Å². The summed E-state index contributed by atoms with van der Waals surface area (Å²) in [5, 5.41) is 3.14. The van der Waals surface area contributed by atoms with Crippen molar-refractivity contribution in [2.24, 2.45) is 0 Å². The number of rotatable bonds is 6. The highest BCUT2D eigenvalue weighted by Crippen LogP contribution is 2.20. The minimum Gasteiger partial charge on any atom is -0.384 e. The lowest BCUT2D eigenvalue weighted by molar-refractivity contribution is 0.582. The van der Waals surface area contributed by atoms with E-state index in [1.165, 1.54) is 0 Å². The highest BCUT2D eigenvalue weighted by molar-refractivity contribution is 9.10. The zero-order valence-electron chi connectivity index (χ0n) is 10.7. The van der Waals surface area contributed by atoms with Gasteiger partial charge in [0.05, 0.1) is 4.90 Å². The minimum absolute atomic E-state index is 0.250. The highest BCUT2D eigenvalue weighted by Gasteiger charge is 2.15. The van der Waals surface area contributed by atoms with Gasteiger partial charge in [0.1, 0.15) is 0 Å². The van der Waals surface area contributed by atoms with Crippen molar-refractivity contribution in [1.29, 1.82) is 0 Å². The number of hydrogen-bond acceptors (Lipinski definition) is 3. The molecule has 0 aliphatic carbocycles. The van der Waals surface area contributed by atoms with Gasteiger partial charge >= 0.3 is 0 Å². The maximum absolute atomic E-state index is 12.1. The smallest absolute Gasteiger partial charge is 0.241 e. The van der Waals surface area contributed by atoms with Crippen molar-refractivity contribution in [2.75, 3.05) is 18.4 Å². The third kappa shape index (κ3) is 4.06. The Labute approximate surface area is 127 Å². The van der Waals surface area contributed by atoms with Crippen LogP contribution in [0.1, 0.15) is 0 Å². The second-order valence-corrected chi connectivity index (χ2v) is 6.71. The number of para-hydroxylation sites is 1. The summed E-state index contributed by atoms with van der Waals surface area (Å²) in [6, 6.07) is 16.4. The van der Waals surface area contributed by atoms with Crippen LogP contribution in [0.15, 0.2) is 64.0 Å². The van der Waals surface area contributed by atoms with Crippen molar-refractivity contribution < 1.29 is 8.42 Å². The third-order valence-corrected chi connectivity index (χ3v) is 5.12. The van der Waals surface area contributed by atoms with Crippen molar-refractivity contribution in [3.05, 3.63) is 59.1 Å². The van der Waals surface area contributed by atoms with Gasteiger partial charge in [0.15, 0.2) is 0 Å². The van der Waals surface area contributed by atoms with Crippen molar-refractivity contribution in [1.82, 2.24) is 4.72 Å². The van der Waals surface area contributed by atoms with Crippen LogP contribution in [0.3, 0.4) is 0 Å². The van der Waals surface area contributed by atoms with E-state index in [1.807, 2.05) is 30.3 Å². The molecule has 0 aliphatic heterocycles. The normalized spacial score (nSPS) is 11.2. The Hall–Kier alpha value is -1.37. The quantitative estimate of drug-likeness (QED) is 0.784. The van der Waals surface area contributed by atoms with Crippen molar-refractivity contribution in [2.45, 2.75) is 4.90 Å². The molecule has 0 atom stereocenters. The van der Waals surface area contributed by atoms with Crippen LogP contribution in [-0.4, -0.2) is 21.5 Å². The molecule has 0 bridgehead atoms. The molecule has 2 aromatic rings. The molecule has 0 fully saturated rings. The lowest BCUT2D eigenvalue weighted by atomic mass is 10.3. The van der Waals surface area contributed by atoms with Gasteiger partial charge in [0.2, 0.25) is 10.0 Å². The van der Waals surface area contributed by atoms with Gasteiger partial charge in [-0.2, -0.15) is 0 Å². The number of hydrogen-bond donors (Lipinski definition) is 2. The summed E-state index contributed by atoms with van der Waals surface area (Å²) >= 11 is 3.24. The molecule has 0 spiro atoms. The summed E-state index contributed by atoms with van der Waals surface area (Å²) in [5.41, 5.74) is 0.965. The topological polar surface area (TPSA) is 58.2 Å². The Morgan fingerprint density at radius 1 is 0.900 bits per heavy atom. The van der Waals surface area contributed by atoms with Gasteiger partial charge in [-0.15, -0.1) is 0 Å². The Balaban J connectivity index is 1.89. The molecule has 2 aromatic carbocycles. The summed E-state index contributed by atoms with van der Waals surface area (Å²) in [6.07, 6.45) is 0. The summed E-state index contributed by atoms with van der Waals surface area (Å²) in [6.45, 7) is 0.840. The van der Waals surface area contributed by atoms with E-state index in [-0.39, 0.29) is 4.90 Å². The lowest BCUT2D eigenvalue weighted by Crippen LogP contribution is -2.29. The van der Waals surface area contributed by atoms with Gasteiger partial charge in [-0.3, -0.25) is 0 Å². The number of benzene rings is 2. The number of anilines is 1. The van der Waals surface area contributed by atoms with Crippen LogP contribution >= 0.6 is 15.9 Å². The first-order valence-electron chi connectivity index (χ1n) is 6.13. The Kier molecular flexibility index (Phi) is 5.17. The van der Waals surface area contributed by atoms with E-state index in [2.05, 4.69) is 26.0 Å². The summed E-state index contributed by atoms with van der Waals surface area (Å²) in [4.78, 5) is 0.250. The largest absolute Gasteiger partial charge is 0.384 e. The van der Waals surface area contributed by atoms with Crippen LogP contribution in [0.5, 0.6) is 0 Å². The van der Waals surface area contributed by atoms with Crippen LogP contribution in [0.4, 0.5) is 5.69 Å². The molecule has 0 amide bonds. The van der Waals surface area contributed by atoms with Crippen molar-refractivity contribution in [3.8, 4) is 0 Å². The Morgan fingerprint density at radius 3 is 2.25 bits per heavy atom. The predicted molar refractivity (Wildman–Crippen MR) is 84.3 cm³/mol. The average Bonchev–Trinajstić information content (AvgIpc) is 2.45. The van der Waals surface area contributed by atoms with Gasteiger partial charge < -0.3 is 5.32 Å². The first-order valence-corrected chi connectivity index (χ1v) is 8.40. The molecule has 0 saturated heterocycles. The monoisotopic (exact) mass is 354 g/mol. The average molecular weight is 355 g/mol. The van der Waals surface area contributed by atoms with E-state index in [0.717, 1.165) is 5.69 Å². The number of sulfonamides is 1. The van der Waals surface area contributed by atoms with E-state index >= 15 is 0 Å². The van der Waals surface area contributed by atoms with Crippen molar-refractivity contribution >= 4 is 31.6 Å². The molecule has 4 nitrogen and oxygen atoms in total. The third-order valence-electron chi connectivity index (χ3n) is 2.65. The van der Waals surface area contributed by atoms with Crippen LogP contribution in [0.25, 0.3) is 0 Å². The highest BCUT2D eigenvalue weighted by atomic mass is 79.9. The van der Waals surface area contributed by atoms with E-state index in [4.69, 9.17) is 0 Å². The fraction of sp³-hybridized carbons (Fsp3) is 0.143. The van der Waals surface area contributed by atoms with Crippen LogP contribution in [0, 0.1) is 0 Å². The van der Waals surface area contributed by atoms with Gasteiger partial charge in [0, 0.05) is 23.2 Å². The van der Waals surface area contributed by atoms with Crippen LogP contribution < -0.4 is 10.0 Å². The molecule has 6 heteroatoms. The predicted octanol–water partition coefficient (Wildman–Crippen LogP) is 2.84. The molecule has 0 heterocycles. The van der Waals surface area contributed by atoms with Gasteiger partial charge in [-0.05, 0) is 40.2 Å². The first kappa shape index (κ1) is 15.0. The molecule has 20 heavy (non-hydrogen) atoms. The Bertz CT molecular complexity index is 660. The Morgan fingerprint density at radius 2 is 1.55 bits per heavy atom. The standard InChI is InChI=1S/C14H15BrN2O2S/c15-13-8-4-5-9-14(13)20(18,19)17-11-10-16-12-6-2-1-3-7-12/h1-9,16-17H,10-11H2. The summed E-state index contributed by atoms with van der Waals surface area (Å²) in [5.74, 6) is 0. The maximum atomic E-state index is 12.1. The molecule has 0 aliphatic rings. The first-order chi connectivity index (χ1) is 9.59. The molecule has 0 unspecified atom stereocenters. The maximum Gasteiger partial charge on any atom is 0.241 e. The van der Waals surface area contributed by atoms with E-state index in [9.17, 15) is 8.42 Å². The van der Waals surface area contributed by atoms with Gasteiger partial charge in [-0.25, -0.2) is 13.1 Å². The fourth-order valence-electron chi connectivity index (χ4n) is 1.69. The molecule has 2 N–H and O–H groups in total. The molecule has 0 radical (unpaired) electrons.